The van der Waals surface area contributed by atoms with Crippen molar-refractivity contribution in [3.05, 3.63) is 64.2 Å². The van der Waals surface area contributed by atoms with E-state index in [0.29, 0.717) is 48.1 Å². The van der Waals surface area contributed by atoms with E-state index >= 15 is 0 Å². The molecule has 1 aliphatic heterocycles. The van der Waals surface area contributed by atoms with Crippen molar-refractivity contribution in [1.82, 2.24) is 9.80 Å². The summed E-state index contributed by atoms with van der Waals surface area (Å²) < 4.78 is 5.11. The Bertz CT molecular complexity index is 830. The minimum atomic E-state index is -0.124. The topological polar surface area (TPSA) is 49.9 Å². The van der Waals surface area contributed by atoms with Crippen LogP contribution < -0.4 is 4.74 Å². The van der Waals surface area contributed by atoms with Gasteiger partial charge in [-0.1, -0.05) is 29.8 Å². The zero-order chi connectivity index (χ0) is 18.7. The number of piperazine rings is 1. The smallest absolute Gasteiger partial charge is 0.255 e. The summed E-state index contributed by atoms with van der Waals surface area (Å²) in [6, 6.07) is 12.6. The minimum Gasteiger partial charge on any atom is -0.497 e. The highest BCUT2D eigenvalue weighted by Crippen LogP contribution is 2.24. The number of aryl methyl sites for hydroxylation is 1. The fourth-order valence-electron chi connectivity index (χ4n) is 3.06. The Morgan fingerprint density at radius 1 is 0.923 bits per heavy atom. The van der Waals surface area contributed by atoms with Gasteiger partial charge in [0.05, 0.1) is 17.7 Å². The number of methoxy groups -OCH3 is 1. The molecule has 0 N–H and O–H groups in total. The molecule has 0 saturated carbocycles. The van der Waals surface area contributed by atoms with Gasteiger partial charge in [0.15, 0.2) is 0 Å². The van der Waals surface area contributed by atoms with Gasteiger partial charge < -0.3 is 14.5 Å². The summed E-state index contributed by atoms with van der Waals surface area (Å²) in [6.07, 6.45) is 0. The molecule has 0 spiro atoms. The number of ether oxygens (including phenoxy) is 1. The number of carbonyl (C=O) groups is 2. The standard InChI is InChI=1S/C20H21ClN2O3/c1-14-5-3-4-6-16(14)19(24)22-9-11-23(12-10-22)20(25)17-8-7-15(26-2)13-18(17)21/h3-8,13H,9-12H2,1-2H3. The maximum atomic E-state index is 12.7. The van der Waals surface area contributed by atoms with Crippen LogP contribution >= 0.6 is 11.6 Å². The Hall–Kier alpha value is -2.53. The number of amides is 2. The summed E-state index contributed by atoms with van der Waals surface area (Å²) in [7, 11) is 1.55. The van der Waals surface area contributed by atoms with Crippen LogP contribution in [0.25, 0.3) is 0 Å². The quantitative estimate of drug-likeness (QED) is 0.831. The van der Waals surface area contributed by atoms with Crippen LogP contribution in [0, 0.1) is 6.92 Å². The van der Waals surface area contributed by atoms with Crippen molar-refractivity contribution in [2.45, 2.75) is 6.92 Å². The van der Waals surface area contributed by atoms with Crippen LogP contribution in [0.3, 0.4) is 0 Å². The lowest BCUT2D eigenvalue weighted by Gasteiger charge is -2.35. The van der Waals surface area contributed by atoms with Gasteiger partial charge in [0.1, 0.15) is 5.75 Å². The summed E-state index contributed by atoms with van der Waals surface area (Å²) in [6.45, 7) is 3.91. The monoisotopic (exact) mass is 372 g/mol. The fourth-order valence-corrected chi connectivity index (χ4v) is 3.31. The zero-order valence-electron chi connectivity index (χ0n) is 14.9. The molecule has 6 heteroatoms. The van der Waals surface area contributed by atoms with E-state index in [2.05, 4.69) is 0 Å². The van der Waals surface area contributed by atoms with E-state index in [0.717, 1.165) is 5.56 Å². The zero-order valence-corrected chi connectivity index (χ0v) is 15.6. The normalized spacial score (nSPS) is 14.3. The molecule has 1 fully saturated rings. The van der Waals surface area contributed by atoms with Gasteiger partial charge in [-0.15, -0.1) is 0 Å². The Morgan fingerprint density at radius 2 is 1.50 bits per heavy atom. The van der Waals surface area contributed by atoms with Crippen molar-refractivity contribution in [1.29, 1.82) is 0 Å². The molecule has 1 heterocycles. The average molecular weight is 373 g/mol. The first-order chi connectivity index (χ1) is 12.5. The Morgan fingerprint density at radius 3 is 2.04 bits per heavy atom. The van der Waals surface area contributed by atoms with Gasteiger partial charge in [-0.05, 0) is 36.8 Å². The summed E-state index contributed by atoms with van der Waals surface area (Å²) in [5.41, 5.74) is 2.12. The van der Waals surface area contributed by atoms with Gasteiger partial charge in [0, 0.05) is 31.7 Å². The molecular weight excluding hydrogens is 352 g/mol. The summed E-state index contributed by atoms with van der Waals surface area (Å²) in [5.74, 6) is 0.499. The van der Waals surface area contributed by atoms with Gasteiger partial charge in [0.25, 0.3) is 11.8 Å². The maximum absolute atomic E-state index is 12.7. The van der Waals surface area contributed by atoms with Crippen molar-refractivity contribution < 1.29 is 14.3 Å². The number of halogens is 1. The number of nitrogens with zero attached hydrogens (tertiary/aromatic N) is 2. The van der Waals surface area contributed by atoms with Gasteiger partial charge in [0.2, 0.25) is 0 Å². The molecule has 136 valence electrons. The SMILES string of the molecule is COc1ccc(C(=O)N2CCN(C(=O)c3ccccc3C)CC2)c(Cl)c1. The molecule has 26 heavy (non-hydrogen) atoms. The first kappa shape index (κ1) is 18.3. The summed E-state index contributed by atoms with van der Waals surface area (Å²) in [5, 5.41) is 0.368. The molecule has 0 atom stereocenters. The van der Waals surface area contributed by atoms with E-state index in [-0.39, 0.29) is 11.8 Å². The summed E-state index contributed by atoms with van der Waals surface area (Å²) in [4.78, 5) is 28.9. The molecule has 0 aromatic heterocycles. The molecule has 2 aromatic carbocycles. The van der Waals surface area contributed by atoms with Crippen molar-refractivity contribution >= 4 is 23.4 Å². The third-order valence-corrected chi connectivity index (χ3v) is 4.95. The second kappa shape index (κ2) is 7.79. The lowest BCUT2D eigenvalue weighted by molar-refractivity contribution is 0.0535. The molecule has 0 radical (unpaired) electrons. The number of benzene rings is 2. The lowest BCUT2D eigenvalue weighted by Crippen LogP contribution is -2.50. The third kappa shape index (κ3) is 3.68. The first-order valence-electron chi connectivity index (χ1n) is 8.49. The molecule has 0 bridgehead atoms. The van der Waals surface area contributed by atoms with Crippen LogP contribution in [0.2, 0.25) is 5.02 Å². The predicted molar refractivity (Wildman–Crippen MR) is 101 cm³/mol. The molecule has 2 amide bonds. The molecule has 2 aromatic rings. The van der Waals surface area contributed by atoms with Crippen LogP contribution in [-0.4, -0.2) is 54.9 Å². The van der Waals surface area contributed by atoms with Gasteiger partial charge in [-0.2, -0.15) is 0 Å². The van der Waals surface area contributed by atoms with E-state index < -0.39 is 0 Å². The molecular formula is C20H21ClN2O3. The van der Waals surface area contributed by atoms with E-state index in [4.69, 9.17) is 16.3 Å². The minimum absolute atomic E-state index is 0.0117. The molecule has 0 unspecified atom stereocenters. The van der Waals surface area contributed by atoms with E-state index in [1.807, 2.05) is 31.2 Å². The number of hydrogen-bond donors (Lipinski definition) is 0. The third-order valence-electron chi connectivity index (χ3n) is 4.64. The molecule has 3 rings (SSSR count). The maximum Gasteiger partial charge on any atom is 0.255 e. The van der Waals surface area contributed by atoms with E-state index in [9.17, 15) is 9.59 Å². The second-order valence-electron chi connectivity index (χ2n) is 6.25. The number of rotatable bonds is 3. The van der Waals surface area contributed by atoms with Crippen molar-refractivity contribution in [3.63, 3.8) is 0 Å². The Labute approximate surface area is 158 Å². The lowest BCUT2D eigenvalue weighted by atomic mass is 10.1. The van der Waals surface area contributed by atoms with Crippen molar-refractivity contribution in [3.8, 4) is 5.75 Å². The van der Waals surface area contributed by atoms with Crippen LogP contribution in [0.4, 0.5) is 0 Å². The van der Waals surface area contributed by atoms with Crippen LogP contribution in [0.1, 0.15) is 26.3 Å². The first-order valence-corrected chi connectivity index (χ1v) is 8.87. The molecule has 5 nitrogen and oxygen atoms in total. The van der Waals surface area contributed by atoms with Gasteiger partial charge in [-0.3, -0.25) is 9.59 Å². The fraction of sp³-hybridized carbons (Fsp3) is 0.300. The van der Waals surface area contributed by atoms with E-state index in [1.54, 1.807) is 35.1 Å². The number of hydrogen-bond acceptors (Lipinski definition) is 3. The predicted octanol–water partition coefficient (Wildman–Crippen LogP) is 3.26. The van der Waals surface area contributed by atoms with Crippen LogP contribution in [-0.2, 0) is 0 Å². The van der Waals surface area contributed by atoms with Gasteiger partial charge >= 0.3 is 0 Å². The van der Waals surface area contributed by atoms with Gasteiger partial charge in [-0.25, -0.2) is 0 Å². The summed E-state index contributed by atoms with van der Waals surface area (Å²) >= 11 is 6.21. The highest BCUT2D eigenvalue weighted by Gasteiger charge is 2.27. The molecule has 1 saturated heterocycles. The average Bonchev–Trinajstić information content (AvgIpc) is 2.67. The van der Waals surface area contributed by atoms with E-state index in [1.165, 1.54) is 0 Å². The highest BCUT2D eigenvalue weighted by atomic mass is 35.5. The van der Waals surface area contributed by atoms with Crippen LogP contribution in [0.5, 0.6) is 5.75 Å². The molecule has 1 aliphatic rings. The Balaban J connectivity index is 1.66. The largest absolute Gasteiger partial charge is 0.497 e. The highest BCUT2D eigenvalue weighted by molar-refractivity contribution is 6.34. The van der Waals surface area contributed by atoms with Crippen molar-refractivity contribution in [2.75, 3.05) is 33.3 Å². The Kier molecular flexibility index (Phi) is 5.47. The molecule has 0 aliphatic carbocycles. The van der Waals surface area contributed by atoms with Crippen molar-refractivity contribution in [2.24, 2.45) is 0 Å². The number of carbonyl (C=O) groups excluding carboxylic acids is 2. The van der Waals surface area contributed by atoms with Crippen LogP contribution in [0.15, 0.2) is 42.5 Å². The second-order valence-corrected chi connectivity index (χ2v) is 6.65.